The van der Waals surface area contributed by atoms with E-state index >= 15 is 0 Å². The normalized spacial score (nSPS) is 22.8. The minimum Gasteiger partial charge on any atom is -0.391 e. The predicted octanol–water partition coefficient (Wildman–Crippen LogP) is 0.873. The van der Waals surface area contributed by atoms with E-state index in [2.05, 4.69) is 30.9 Å². The molecule has 8 heteroatoms. The molecule has 25 heavy (non-hydrogen) atoms. The molecule has 0 unspecified atom stereocenters. The van der Waals surface area contributed by atoms with Crippen LogP contribution in [0.4, 0.5) is 5.82 Å². The lowest BCUT2D eigenvalue weighted by atomic mass is 10.1. The smallest absolute Gasteiger partial charge is 0.130 e. The number of hydrogen-bond donors (Lipinski definition) is 2. The molecular weight excluding hydrogens is 336 g/mol. The molecular formula is C17H20N6OS. The van der Waals surface area contributed by atoms with Crippen molar-refractivity contribution >= 4 is 23.2 Å². The Kier molecular flexibility index (Phi) is 4.65. The van der Waals surface area contributed by atoms with E-state index in [1.165, 1.54) is 11.9 Å². The van der Waals surface area contributed by atoms with Gasteiger partial charge in [-0.3, -0.25) is 9.88 Å². The van der Waals surface area contributed by atoms with E-state index in [0.717, 1.165) is 41.5 Å². The number of aliphatic hydroxyl groups is 1. The maximum Gasteiger partial charge on any atom is 0.130 e. The maximum absolute atomic E-state index is 10.4. The first-order chi connectivity index (χ1) is 12.2. The molecule has 0 saturated carbocycles. The highest BCUT2D eigenvalue weighted by atomic mass is 32.2. The van der Waals surface area contributed by atoms with Crippen LogP contribution in [0.2, 0.25) is 0 Å². The summed E-state index contributed by atoms with van der Waals surface area (Å²) in [4.78, 5) is 19.1. The van der Waals surface area contributed by atoms with E-state index in [1.54, 1.807) is 30.4 Å². The number of anilines is 1. The SMILES string of the molecule is Nc1ncnc2c1CC=C2CN1C[C@H](CSc2cnccn2)[C@@H](O)C1. The van der Waals surface area contributed by atoms with Crippen molar-refractivity contribution < 1.29 is 5.11 Å². The van der Waals surface area contributed by atoms with E-state index in [0.29, 0.717) is 12.4 Å². The molecule has 130 valence electrons. The maximum atomic E-state index is 10.4. The Morgan fingerprint density at radius 1 is 1.24 bits per heavy atom. The van der Waals surface area contributed by atoms with Crippen LogP contribution in [0, 0.1) is 5.92 Å². The van der Waals surface area contributed by atoms with Gasteiger partial charge in [0.25, 0.3) is 0 Å². The third-order valence-electron chi connectivity index (χ3n) is 4.70. The van der Waals surface area contributed by atoms with Crippen LogP contribution in [-0.4, -0.2) is 61.4 Å². The van der Waals surface area contributed by atoms with Gasteiger partial charge in [0, 0.05) is 49.3 Å². The molecule has 2 aromatic rings. The molecule has 1 aliphatic carbocycles. The molecule has 0 amide bonds. The van der Waals surface area contributed by atoms with E-state index in [-0.39, 0.29) is 12.0 Å². The predicted molar refractivity (Wildman–Crippen MR) is 96.8 cm³/mol. The van der Waals surface area contributed by atoms with Gasteiger partial charge in [-0.1, -0.05) is 6.08 Å². The van der Waals surface area contributed by atoms with Gasteiger partial charge in [-0.25, -0.2) is 15.0 Å². The van der Waals surface area contributed by atoms with Gasteiger partial charge in [-0.05, 0) is 12.0 Å². The number of β-amino-alcohol motifs (C(OH)–C–C–N with tert-alkyl or cyclic N) is 1. The Balaban J connectivity index is 1.36. The number of nitrogen functional groups attached to an aromatic ring is 1. The molecule has 3 heterocycles. The third kappa shape index (κ3) is 3.51. The summed E-state index contributed by atoms with van der Waals surface area (Å²) in [6.45, 7) is 2.33. The number of hydrogen-bond acceptors (Lipinski definition) is 8. The monoisotopic (exact) mass is 356 g/mol. The number of aromatic nitrogens is 4. The minimum atomic E-state index is -0.318. The van der Waals surface area contributed by atoms with Crippen molar-refractivity contribution in [2.45, 2.75) is 17.6 Å². The number of nitrogens with two attached hydrogens (primary N) is 1. The van der Waals surface area contributed by atoms with Crippen LogP contribution in [-0.2, 0) is 6.42 Å². The minimum absolute atomic E-state index is 0.226. The molecule has 2 aromatic heterocycles. The fourth-order valence-electron chi connectivity index (χ4n) is 3.39. The lowest BCUT2D eigenvalue weighted by Crippen LogP contribution is -2.24. The zero-order valence-corrected chi connectivity index (χ0v) is 14.6. The van der Waals surface area contributed by atoms with Crippen LogP contribution in [0.3, 0.4) is 0 Å². The van der Waals surface area contributed by atoms with Crippen LogP contribution < -0.4 is 5.73 Å². The number of allylic oxidation sites excluding steroid dienone is 1. The van der Waals surface area contributed by atoms with E-state index in [9.17, 15) is 5.11 Å². The summed E-state index contributed by atoms with van der Waals surface area (Å²) in [7, 11) is 0. The van der Waals surface area contributed by atoms with Crippen molar-refractivity contribution in [3.8, 4) is 0 Å². The van der Waals surface area contributed by atoms with Gasteiger partial charge < -0.3 is 10.8 Å². The standard InChI is InChI=1S/C17H20N6OS/c18-17-13-2-1-11(16(13)21-10-22-17)6-23-7-12(14(24)8-23)9-25-15-5-19-3-4-20-15/h1,3-5,10,12,14,24H,2,6-9H2,(H2,18,21,22)/t12-,14+/m1/s1. The Hall–Kier alpha value is -2.03. The van der Waals surface area contributed by atoms with Gasteiger partial charge in [0.05, 0.1) is 18.0 Å². The van der Waals surface area contributed by atoms with E-state index < -0.39 is 0 Å². The van der Waals surface area contributed by atoms with Crippen LogP contribution >= 0.6 is 11.8 Å². The van der Waals surface area contributed by atoms with Gasteiger partial charge >= 0.3 is 0 Å². The molecule has 7 nitrogen and oxygen atoms in total. The quantitative estimate of drug-likeness (QED) is 0.761. The Morgan fingerprint density at radius 3 is 3.00 bits per heavy atom. The molecule has 3 N–H and O–H groups in total. The second-order valence-electron chi connectivity index (χ2n) is 6.40. The molecule has 1 aliphatic heterocycles. The first kappa shape index (κ1) is 16.4. The van der Waals surface area contributed by atoms with Crippen LogP contribution in [0.5, 0.6) is 0 Å². The van der Waals surface area contributed by atoms with Gasteiger partial charge in [0.2, 0.25) is 0 Å². The average Bonchev–Trinajstić information content (AvgIpc) is 3.19. The van der Waals surface area contributed by atoms with Gasteiger partial charge in [0.15, 0.2) is 0 Å². The summed E-state index contributed by atoms with van der Waals surface area (Å²) in [6.07, 6.45) is 9.28. The molecule has 0 aromatic carbocycles. The Labute approximate surface area is 150 Å². The van der Waals surface area contributed by atoms with Gasteiger partial charge in [-0.15, -0.1) is 11.8 Å². The number of nitrogens with zero attached hydrogens (tertiary/aromatic N) is 5. The molecule has 0 bridgehead atoms. The van der Waals surface area contributed by atoms with Gasteiger partial charge in [0.1, 0.15) is 17.2 Å². The number of fused-ring (bicyclic) bond motifs is 1. The lowest BCUT2D eigenvalue weighted by molar-refractivity contribution is 0.151. The van der Waals surface area contributed by atoms with E-state index in [4.69, 9.17) is 5.73 Å². The Bertz CT molecular complexity index is 784. The molecule has 0 radical (unpaired) electrons. The van der Waals surface area contributed by atoms with Crippen LogP contribution in [0.25, 0.3) is 5.57 Å². The van der Waals surface area contributed by atoms with Crippen molar-refractivity contribution in [1.29, 1.82) is 0 Å². The summed E-state index contributed by atoms with van der Waals surface area (Å²) in [5.74, 6) is 1.63. The highest BCUT2D eigenvalue weighted by molar-refractivity contribution is 7.99. The van der Waals surface area contributed by atoms with Crippen molar-refractivity contribution in [3.63, 3.8) is 0 Å². The molecule has 1 fully saturated rings. The summed E-state index contributed by atoms with van der Waals surface area (Å²) in [5, 5.41) is 11.3. The van der Waals surface area contributed by atoms with Crippen molar-refractivity contribution in [1.82, 2.24) is 24.8 Å². The number of aliphatic hydroxyl groups excluding tert-OH is 1. The first-order valence-electron chi connectivity index (χ1n) is 8.28. The van der Waals surface area contributed by atoms with Gasteiger partial charge in [-0.2, -0.15) is 0 Å². The highest BCUT2D eigenvalue weighted by Crippen LogP contribution is 2.31. The van der Waals surface area contributed by atoms with E-state index in [1.807, 2.05) is 0 Å². The first-order valence-corrected chi connectivity index (χ1v) is 9.27. The molecule has 2 aliphatic rings. The average molecular weight is 356 g/mol. The summed E-state index contributed by atoms with van der Waals surface area (Å²) in [5.41, 5.74) is 9.09. The van der Waals surface area contributed by atoms with Crippen molar-refractivity contribution in [3.05, 3.63) is 42.3 Å². The van der Waals surface area contributed by atoms with Crippen LogP contribution in [0.1, 0.15) is 11.3 Å². The fraction of sp³-hybridized carbons (Fsp3) is 0.412. The Morgan fingerprint density at radius 2 is 2.16 bits per heavy atom. The van der Waals surface area contributed by atoms with Crippen molar-refractivity contribution in [2.24, 2.45) is 5.92 Å². The number of thioether (sulfide) groups is 1. The molecule has 0 spiro atoms. The second-order valence-corrected chi connectivity index (χ2v) is 7.44. The molecule has 4 rings (SSSR count). The fourth-order valence-corrected chi connectivity index (χ4v) is 4.38. The van der Waals surface area contributed by atoms with Crippen LogP contribution in [0.15, 0.2) is 36.0 Å². The number of likely N-dealkylation sites (tertiary alicyclic amines) is 1. The molecule has 2 atom stereocenters. The zero-order valence-electron chi connectivity index (χ0n) is 13.7. The molecule has 1 saturated heterocycles. The zero-order chi connectivity index (χ0) is 17.2. The highest BCUT2D eigenvalue weighted by Gasteiger charge is 2.32. The summed E-state index contributed by atoms with van der Waals surface area (Å²) in [6, 6.07) is 0. The third-order valence-corrected chi connectivity index (χ3v) is 5.80. The largest absolute Gasteiger partial charge is 0.391 e. The summed E-state index contributed by atoms with van der Waals surface area (Å²) < 4.78 is 0. The van der Waals surface area contributed by atoms with Crippen molar-refractivity contribution in [2.75, 3.05) is 31.1 Å². The topological polar surface area (TPSA) is 101 Å². The second kappa shape index (κ2) is 7.07. The summed E-state index contributed by atoms with van der Waals surface area (Å²) >= 11 is 1.64. The number of rotatable bonds is 5. The lowest BCUT2D eigenvalue weighted by Gasteiger charge is -2.16.